The normalized spacial score (nSPS) is 18.3. The van der Waals surface area contributed by atoms with Gasteiger partial charge in [-0.05, 0) is 30.4 Å². The van der Waals surface area contributed by atoms with Gasteiger partial charge in [-0.1, -0.05) is 69.3 Å². The summed E-state index contributed by atoms with van der Waals surface area (Å²) in [5.74, 6) is 0.504. The van der Waals surface area contributed by atoms with Crippen LogP contribution < -0.4 is 11.0 Å². The lowest BCUT2D eigenvalue weighted by atomic mass is 9.84. The van der Waals surface area contributed by atoms with Crippen molar-refractivity contribution in [2.75, 3.05) is 6.54 Å². The van der Waals surface area contributed by atoms with Gasteiger partial charge < -0.3 is 5.43 Å². The smallest absolute Gasteiger partial charge is 0.0863 e. The van der Waals surface area contributed by atoms with Crippen molar-refractivity contribution in [1.82, 2.24) is 16.0 Å². The van der Waals surface area contributed by atoms with E-state index in [2.05, 4.69) is 78.3 Å². The van der Waals surface area contributed by atoms with Gasteiger partial charge in [-0.25, -0.2) is 0 Å². The molecule has 1 unspecified atom stereocenters. The molecule has 2 N–H and O–H groups in total. The monoisotopic (exact) mass is 321 g/mol. The summed E-state index contributed by atoms with van der Waals surface area (Å²) < 4.78 is 0. The van der Waals surface area contributed by atoms with Gasteiger partial charge in [-0.3, -0.25) is 5.01 Å². The maximum absolute atomic E-state index is 3.40. The first-order valence-electron chi connectivity index (χ1n) is 9.00. The number of nitrogens with zero attached hydrogens (tertiary/aromatic N) is 1. The van der Waals surface area contributed by atoms with Crippen LogP contribution in [0.1, 0.15) is 55.9 Å². The SMILES string of the molecule is CC.CCN1NNC2=C1c1ccccc1CC(C)c1ccccc12. The van der Waals surface area contributed by atoms with Crippen molar-refractivity contribution in [3.8, 4) is 0 Å². The fourth-order valence-electron chi connectivity index (χ4n) is 3.61. The molecule has 2 aromatic carbocycles. The van der Waals surface area contributed by atoms with Crippen molar-refractivity contribution in [3.05, 3.63) is 70.8 Å². The highest BCUT2D eigenvalue weighted by molar-refractivity contribution is 5.92. The van der Waals surface area contributed by atoms with E-state index in [0.29, 0.717) is 5.92 Å². The highest BCUT2D eigenvalue weighted by atomic mass is 15.7. The average molecular weight is 321 g/mol. The molecule has 0 radical (unpaired) electrons. The van der Waals surface area contributed by atoms with Crippen LogP contribution in [0.15, 0.2) is 48.5 Å². The second-order valence-corrected chi connectivity index (χ2v) is 6.05. The first-order valence-corrected chi connectivity index (χ1v) is 9.00. The summed E-state index contributed by atoms with van der Waals surface area (Å²) in [7, 11) is 0. The molecular weight excluding hydrogens is 294 g/mol. The minimum absolute atomic E-state index is 0.504. The van der Waals surface area contributed by atoms with E-state index in [4.69, 9.17) is 0 Å². The molecule has 3 nitrogen and oxygen atoms in total. The average Bonchev–Trinajstić information content (AvgIpc) is 3.06. The Morgan fingerprint density at radius 2 is 1.67 bits per heavy atom. The molecule has 1 aliphatic carbocycles. The van der Waals surface area contributed by atoms with Crippen LogP contribution in [0.25, 0.3) is 11.4 Å². The number of nitrogens with one attached hydrogen (secondary N) is 2. The fourth-order valence-corrected chi connectivity index (χ4v) is 3.61. The number of hydrogen-bond donors (Lipinski definition) is 2. The third kappa shape index (κ3) is 2.69. The van der Waals surface area contributed by atoms with Crippen LogP contribution in [-0.4, -0.2) is 11.6 Å². The van der Waals surface area contributed by atoms with E-state index in [9.17, 15) is 0 Å². The molecule has 0 aromatic heterocycles. The van der Waals surface area contributed by atoms with Crippen LogP contribution >= 0.6 is 0 Å². The van der Waals surface area contributed by atoms with E-state index >= 15 is 0 Å². The Kier molecular flexibility index (Phi) is 4.91. The lowest BCUT2D eigenvalue weighted by Crippen LogP contribution is -2.37. The van der Waals surface area contributed by atoms with Crippen molar-refractivity contribution in [2.45, 2.75) is 40.0 Å². The van der Waals surface area contributed by atoms with E-state index in [0.717, 1.165) is 13.0 Å². The molecule has 1 heterocycles. The van der Waals surface area contributed by atoms with E-state index in [1.807, 2.05) is 13.8 Å². The van der Waals surface area contributed by atoms with Crippen molar-refractivity contribution in [1.29, 1.82) is 0 Å². The molecule has 24 heavy (non-hydrogen) atoms. The second kappa shape index (κ2) is 7.10. The van der Waals surface area contributed by atoms with Gasteiger partial charge in [0.15, 0.2) is 0 Å². The van der Waals surface area contributed by atoms with Gasteiger partial charge >= 0.3 is 0 Å². The minimum atomic E-state index is 0.504. The summed E-state index contributed by atoms with van der Waals surface area (Å²) in [4.78, 5) is 0. The summed E-state index contributed by atoms with van der Waals surface area (Å²) in [6.45, 7) is 9.40. The highest BCUT2D eigenvalue weighted by Crippen LogP contribution is 2.39. The quantitative estimate of drug-likeness (QED) is 0.807. The van der Waals surface area contributed by atoms with Gasteiger partial charge in [0, 0.05) is 17.7 Å². The Bertz CT molecular complexity index is 748. The summed E-state index contributed by atoms with van der Waals surface area (Å²) >= 11 is 0. The van der Waals surface area contributed by atoms with Crippen LogP contribution in [0.2, 0.25) is 0 Å². The topological polar surface area (TPSA) is 27.3 Å². The third-order valence-corrected chi connectivity index (χ3v) is 4.70. The van der Waals surface area contributed by atoms with Crippen LogP contribution in [0.5, 0.6) is 0 Å². The maximum atomic E-state index is 3.40. The van der Waals surface area contributed by atoms with Gasteiger partial charge in [-0.15, -0.1) is 5.53 Å². The summed E-state index contributed by atoms with van der Waals surface area (Å²) in [5, 5.41) is 2.20. The molecule has 2 aromatic rings. The molecule has 0 saturated heterocycles. The molecule has 2 aliphatic rings. The van der Waals surface area contributed by atoms with Gasteiger partial charge in [0.25, 0.3) is 0 Å². The number of benzene rings is 2. The van der Waals surface area contributed by atoms with E-state index < -0.39 is 0 Å². The molecule has 126 valence electrons. The first-order chi connectivity index (χ1) is 11.8. The molecule has 0 saturated carbocycles. The van der Waals surface area contributed by atoms with Crippen LogP contribution in [0.4, 0.5) is 0 Å². The Morgan fingerprint density at radius 1 is 1.00 bits per heavy atom. The zero-order valence-electron chi connectivity index (χ0n) is 15.1. The number of hydrazine groups is 2. The number of rotatable bonds is 1. The first kappa shape index (κ1) is 16.6. The van der Waals surface area contributed by atoms with E-state index in [1.54, 1.807) is 0 Å². The Hall–Kier alpha value is -2.26. The van der Waals surface area contributed by atoms with Crippen molar-refractivity contribution in [2.24, 2.45) is 0 Å². The maximum Gasteiger partial charge on any atom is 0.0863 e. The molecule has 0 amide bonds. The summed E-state index contributed by atoms with van der Waals surface area (Å²) in [5.41, 5.74) is 14.6. The standard InChI is InChI=1S/C19H21N3.C2H6/c1-3-22-19-16-10-5-4-8-14(16)12-13(2)15-9-6-7-11-17(15)18(19)20-21-22;1-2/h4-11,13,20-21H,3,12H2,1-2H3;1-2H3. The van der Waals surface area contributed by atoms with Crippen LogP contribution in [-0.2, 0) is 6.42 Å². The molecule has 0 bridgehead atoms. The predicted molar refractivity (Wildman–Crippen MR) is 102 cm³/mol. The Morgan fingerprint density at radius 3 is 2.42 bits per heavy atom. The van der Waals surface area contributed by atoms with Gasteiger partial charge in [0.1, 0.15) is 0 Å². The molecule has 1 aliphatic heterocycles. The van der Waals surface area contributed by atoms with Crippen molar-refractivity contribution < 1.29 is 0 Å². The third-order valence-electron chi connectivity index (χ3n) is 4.70. The van der Waals surface area contributed by atoms with Gasteiger partial charge in [0.05, 0.1) is 11.4 Å². The molecule has 0 spiro atoms. The lowest BCUT2D eigenvalue weighted by Gasteiger charge is -2.25. The second-order valence-electron chi connectivity index (χ2n) is 6.05. The number of fused-ring (bicyclic) bond motifs is 4. The van der Waals surface area contributed by atoms with Crippen LogP contribution in [0, 0.1) is 0 Å². The lowest BCUT2D eigenvalue weighted by molar-refractivity contribution is 0.302. The molecular formula is C21H27N3. The Balaban J connectivity index is 0.000000815. The van der Waals surface area contributed by atoms with Crippen molar-refractivity contribution in [3.63, 3.8) is 0 Å². The largest absolute Gasteiger partial charge is 0.301 e. The van der Waals surface area contributed by atoms with E-state index in [-0.39, 0.29) is 0 Å². The fraction of sp³-hybridized carbons (Fsp3) is 0.333. The highest BCUT2D eigenvalue weighted by Gasteiger charge is 2.29. The van der Waals surface area contributed by atoms with Gasteiger partial charge in [0.2, 0.25) is 0 Å². The molecule has 1 atom stereocenters. The van der Waals surface area contributed by atoms with Crippen LogP contribution in [0.3, 0.4) is 0 Å². The van der Waals surface area contributed by atoms with Crippen molar-refractivity contribution >= 4 is 11.4 Å². The Labute approximate surface area is 145 Å². The summed E-state index contributed by atoms with van der Waals surface area (Å²) in [6.07, 6.45) is 1.07. The predicted octanol–water partition coefficient (Wildman–Crippen LogP) is 4.54. The molecule has 4 rings (SSSR count). The zero-order valence-corrected chi connectivity index (χ0v) is 15.1. The summed E-state index contributed by atoms with van der Waals surface area (Å²) in [6, 6.07) is 17.5. The number of hydrogen-bond acceptors (Lipinski definition) is 3. The molecule has 3 heteroatoms. The zero-order chi connectivity index (χ0) is 17.1. The minimum Gasteiger partial charge on any atom is -0.301 e. The molecule has 0 fully saturated rings. The van der Waals surface area contributed by atoms with E-state index in [1.165, 1.54) is 33.6 Å². The van der Waals surface area contributed by atoms with Gasteiger partial charge in [-0.2, -0.15) is 0 Å².